The maximum absolute atomic E-state index is 14.2. The molecular weight excluding hydrogens is 684 g/mol. The quantitative estimate of drug-likeness (QED) is 0.129. The second-order valence-corrected chi connectivity index (χ2v) is 14.2. The zero-order valence-corrected chi connectivity index (χ0v) is 26.0. The first-order valence-corrected chi connectivity index (χ1v) is 14.8. The largest absolute Gasteiger partial charge is 0.455 e. The summed E-state index contributed by atoms with van der Waals surface area (Å²) in [5.74, 6) is -5.68. The molecule has 0 heterocycles. The van der Waals surface area contributed by atoms with Crippen molar-refractivity contribution in [2.45, 2.75) is 120 Å². The van der Waals surface area contributed by atoms with Crippen molar-refractivity contribution < 1.29 is 82.0 Å². The molecule has 4 fully saturated rings. The van der Waals surface area contributed by atoms with Gasteiger partial charge in [0.2, 0.25) is 0 Å². The zero-order chi connectivity index (χ0) is 37.3. The monoisotopic (exact) mass is 720 g/mol. The van der Waals surface area contributed by atoms with Gasteiger partial charge in [0.25, 0.3) is 11.2 Å². The van der Waals surface area contributed by atoms with Crippen LogP contribution in [-0.4, -0.2) is 70.3 Å². The van der Waals surface area contributed by atoms with Crippen LogP contribution in [0.15, 0.2) is 24.3 Å². The maximum Gasteiger partial charge on any atom is 0.430 e. The van der Waals surface area contributed by atoms with E-state index in [1.807, 2.05) is 0 Å². The van der Waals surface area contributed by atoms with Gasteiger partial charge in [0.15, 0.2) is 6.10 Å². The van der Waals surface area contributed by atoms with Crippen LogP contribution in [0.5, 0.6) is 0 Å². The normalized spacial score (nSPS) is 27.9. The van der Waals surface area contributed by atoms with Crippen LogP contribution in [0.1, 0.15) is 72.1 Å². The van der Waals surface area contributed by atoms with Crippen molar-refractivity contribution in [3.8, 4) is 0 Å². The molecule has 0 amide bonds. The maximum atomic E-state index is 14.2. The Kier molecular flexibility index (Phi) is 10.3. The smallest absolute Gasteiger partial charge is 0.430 e. The van der Waals surface area contributed by atoms with Crippen LogP contribution in [0.25, 0.3) is 0 Å². The molecule has 4 aliphatic carbocycles. The summed E-state index contributed by atoms with van der Waals surface area (Å²) in [6.07, 6.45) is -34.7. The molecule has 0 aromatic heterocycles. The number of hydrogen-bond donors (Lipinski definition) is 2. The number of aliphatic hydroxyl groups is 2. The van der Waals surface area contributed by atoms with Gasteiger partial charge < -0.3 is 19.7 Å². The van der Waals surface area contributed by atoms with Crippen LogP contribution in [0.3, 0.4) is 0 Å². The molecule has 0 radical (unpaired) electrons. The lowest BCUT2D eigenvalue weighted by molar-refractivity contribution is -0.407. The van der Waals surface area contributed by atoms with Crippen molar-refractivity contribution in [1.29, 1.82) is 0 Å². The lowest BCUT2D eigenvalue weighted by atomic mass is 9.41. The summed E-state index contributed by atoms with van der Waals surface area (Å²) in [6, 6.07) is 0. The summed E-state index contributed by atoms with van der Waals surface area (Å²) < 4.78 is 177. The Morgan fingerprint density at radius 3 is 1.56 bits per heavy atom. The van der Waals surface area contributed by atoms with Gasteiger partial charge in [-0.2, -0.15) is 52.7 Å². The van der Waals surface area contributed by atoms with Crippen molar-refractivity contribution in [2.24, 2.45) is 28.6 Å². The third-order valence-electron chi connectivity index (χ3n) is 9.74. The number of carbonyl (C=O) groups excluding carboxylic acids is 2. The summed E-state index contributed by atoms with van der Waals surface area (Å²) >= 11 is 0. The summed E-state index contributed by atoms with van der Waals surface area (Å²) in [7, 11) is 0. The van der Waals surface area contributed by atoms with E-state index >= 15 is 0 Å². The van der Waals surface area contributed by atoms with Crippen LogP contribution < -0.4 is 0 Å². The van der Waals surface area contributed by atoms with E-state index in [1.165, 1.54) is 13.8 Å². The van der Waals surface area contributed by atoms with E-state index in [2.05, 4.69) is 17.9 Å². The molecule has 0 spiro atoms. The highest BCUT2D eigenvalue weighted by Crippen LogP contribution is 2.70. The van der Waals surface area contributed by atoms with E-state index in [-0.39, 0.29) is 25.7 Å². The molecule has 4 saturated carbocycles. The van der Waals surface area contributed by atoms with Crippen LogP contribution in [-0.2, 0) is 19.1 Å². The highest BCUT2D eigenvalue weighted by molar-refractivity contribution is 5.88. The lowest BCUT2D eigenvalue weighted by Crippen LogP contribution is -2.72. The number of esters is 2. The predicted octanol–water partition coefficient (Wildman–Crippen LogP) is 7.68. The van der Waals surface area contributed by atoms with E-state index in [4.69, 9.17) is 4.74 Å². The highest BCUT2D eigenvalue weighted by atomic mass is 19.4. The third kappa shape index (κ3) is 6.93. The average Bonchev–Trinajstić information content (AvgIpc) is 2.86. The van der Waals surface area contributed by atoms with Gasteiger partial charge in [0.1, 0.15) is 6.10 Å². The Balaban J connectivity index is 2.04. The molecule has 4 aliphatic rings. The molecule has 4 unspecified atom stereocenters. The Labute approximate surface area is 267 Å². The molecule has 2 N–H and O–H groups in total. The Morgan fingerprint density at radius 2 is 1.19 bits per heavy atom. The third-order valence-corrected chi connectivity index (χ3v) is 9.74. The van der Waals surface area contributed by atoms with Gasteiger partial charge in [-0.15, -0.1) is 0 Å². The predicted molar refractivity (Wildman–Crippen MR) is 141 cm³/mol. The van der Waals surface area contributed by atoms with Gasteiger partial charge in [-0.05, 0) is 81.5 Å². The number of carbonyl (C=O) groups is 2. The summed E-state index contributed by atoms with van der Waals surface area (Å²) in [6.45, 7) is 9.94. The van der Waals surface area contributed by atoms with Gasteiger partial charge in [-0.1, -0.05) is 27.0 Å². The van der Waals surface area contributed by atoms with Crippen molar-refractivity contribution in [1.82, 2.24) is 0 Å². The van der Waals surface area contributed by atoms with Crippen molar-refractivity contribution in [2.75, 3.05) is 0 Å². The molecular formula is C30H36F12O6. The molecule has 0 saturated heterocycles. The van der Waals surface area contributed by atoms with Gasteiger partial charge in [-0.3, -0.25) is 0 Å². The minimum absolute atomic E-state index is 0.0552. The standard InChI is InChI=1S/C30H36F12O6/c1-14(2)6-19(25(45,27(31,32)33)28(34,35)36)47-21(44)16(5)8-23-9-17-7-18(10-23)12-24(11-17,13-23)22(48-20(43)15(3)4)26(46,29(37,38)39)30(40,41)42/h14,17-19,22,45-46H,3,5-13H2,1-2,4H3. The molecule has 276 valence electrons. The SMILES string of the molecule is C=C(C)C(=O)OC(C12CC3CC(CC(CC(=C)C(=O)OC(CC(C)C)C(O)(C(F)(F)F)C(F)(F)F)(C3)C1)C2)C(O)(C(F)(F)F)C(F)(F)F. The topological polar surface area (TPSA) is 93.1 Å². The van der Waals surface area contributed by atoms with E-state index in [0.29, 0.717) is 6.42 Å². The van der Waals surface area contributed by atoms with Crippen LogP contribution in [0.2, 0.25) is 0 Å². The molecule has 4 rings (SSSR count). The van der Waals surface area contributed by atoms with Gasteiger partial charge in [0, 0.05) is 16.6 Å². The number of alkyl halides is 12. The van der Waals surface area contributed by atoms with E-state index in [9.17, 15) is 72.5 Å². The fourth-order valence-electron chi connectivity index (χ4n) is 8.35. The van der Waals surface area contributed by atoms with Crippen LogP contribution in [0, 0.1) is 28.6 Å². The van der Waals surface area contributed by atoms with E-state index in [1.54, 1.807) is 0 Å². The molecule has 18 heteroatoms. The van der Waals surface area contributed by atoms with E-state index in [0.717, 1.165) is 6.92 Å². The number of hydrogen-bond acceptors (Lipinski definition) is 6. The zero-order valence-electron chi connectivity index (χ0n) is 26.0. The Morgan fingerprint density at radius 1 is 0.750 bits per heavy atom. The Bertz CT molecular complexity index is 1240. The van der Waals surface area contributed by atoms with Gasteiger partial charge in [0.05, 0.1) is 0 Å². The summed E-state index contributed by atoms with van der Waals surface area (Å²) in [5, 5.41) is 20.4. The van der Waals surface area contributed by atoms with Crippen molar-refractivity contribution in [3.63, 3.8) is 0 Å². The second-order valence-electron chi connectivity index (χ2n) is 14.2. The van der Waals surface area contributed by atoms with Crippen molar-refractivity contribution >= 4 is 11.9 Å². The van der Waals surface area contributed by atoms with Gasteiger partial charge >= 0.3 is 36.6 Å². The first-order chi connectivity index (χ1) is 21.4. The minimum atomic E-state index is -6.41. The summed E-state index contributed by atoms with van der Waals surface area (Å²) in [4.78, 5) is 25.5. The molecule has 48 heavy (non-hydrogen) atoms. The Hall–Kier alpha value is -2.50. The molecule has 4 atom stereocenters. The molecule has 0 aromatic rings. The van der Waals surface area contributed by atoms with Crippen molar-refractivity contribution in [3.05, 3.63) is 24.3 Å². The van der Waals surface area contributed by atoms with Crippen LogP contribution >= 0.6 is 0 Å². The summed E-state index contributed by atoms with van der Waals surface area (Å²) in [5.41, 5.74) is -16.0. The van der Waals surface area contributed by atoms with Gasteiger partial charge in [-0.25, -0.2) is 9.59 Å². The molecule has 0 aromatic carbocycles. The minimum Gasteiger partial charge on any atom is -0.455 e. The van der Waals surface area contributed by atoms with Crippen LogP contribution in [0.4, 0.5) is 52.7 Å². The number of rotatable bonds is 11. The van der Waals surface area contributed by atoms with E-state index < -0.39 is 119 Å². The molecule has 0 aliphatic heterocycles. The molecule has 4 bridgehead atoms. The first kappa shape index (κ1) is 39.9. The highest BCUT2D eigenvalue weighted by Gasteiger charge is 2.80. The number of halogens is 12. The number of ether oxygens (including phenoxy) is 2. The fraction of sp³-hybridized carbons (Fsp3) is 0.800. The lowest BCUT2D eigenvalue weighted by Gasteiger charge is -2.65. The fourth-order valence-corrected chi connectivity index (χ4v) is 8.35. The first-order valence-electron chi connectivity index (χ1n) is 14.8. The molecule has 6 nitrogen and oxygen atoms in total. The second kappa shape index (κ2) is 12.4. The average molecular weight is 721 g/mol.